The standard InChI is InChI=1S/C19H21Cl2F3O2/c1-5-6-10-11(17(24)16(23)9(2)15(10)22)8-26-18(25)14-12(7-13(20)21)19(14,3)4/h7,12,14H,5-6,8H2,1-4H3/t12-,14+/m1/s1. The van der Waals surface area contributed by atoms with Gasteiger partial charge >= 0.3 is 5.97 Å². The van der Waals surface area contributed by atoms with Gasteiger partial charge in [-0.05, 0) is 36.3 Å². The van der Waals surface area contributed by atoms with E-state index in [0.29, 0.717) is 6.42 Å². The summed E-state index contributed by atoms with van der Waals surface area (Å²) in [6.45, 7) is 6.16. The molecule has 1 aliphatic rings. The van der Waals surface area contributed by atoms with Crippen LogP contribution in [-0.2, 0) is 22.6 Å². The molecule has 1 aromatic rings. The second-order valence-electron chi connectivity index (χ2n) is 7.16. The van der Waals surface area contributed by atoms with Gasteiger partial charge in [0.15, 0.2) is 11.6 Å². The Morgan fingerprint density at radius 3 is 2.31 bits per heavy atom. The van der Waals surface area contributed by atoms with Gasteiger partial charge < -0.3 is 4.74 Å². The Labute approximate surface area is 161 Å². The van der Waals surface area contributed by atoms with Gasteiger partial charge in [0, 0.05) is 11.1 Å². The number of carbonyl (C=O) groups is 1. The van der Waals surface area contributed by atoms with Gasteiger partial charge in [0.25, 0.3) is 0 Å². The van der Waals surface area contributed by atoms with Crippen LogP contribution in [-0.4, -0.2) is 5.97 Å². The number of benzene rings is 1. The molecule has 0 amide bonds. The summed E-state index contributed by atoms with van der Waals surface area (Å²) in [4.78, 5) is 12.4. The molecule has 144 valence electrons. The van der Waals surface area contributed by atoms with E-state index in [-0.39, 0.29) is 33.5 Å². The Kier molecular flexibility index (Phi) is 6.34. The van der Waals surface area contributed by atoms with Gasteiger partial charge in [-0.1, -0.05) is 50.4 Å². The highest BCUT2D eigenvalue weighted by molar-refractivity contribution is 6.55. The maximum absolute atomic E-state index is 14.3. The number of rotatable bonds is 6. The van der Waals surface area contributed by atoms with Crippen LogP contribution in [0.3, 0.4) is 0 Å². The predicted octanol–water partition coefficient (Wildman–Crippen LogP) is 6.00. The zero-order valence-electron chi connectivity index (χ0n) is 15.1. The average Bonchev–Trinajstić information content (AvgIpc) is 3.09. The van der Waals surface area contributed by atoms with Crippen molar-refractivity contribution < 1.29 is 22.7 Å². The number of carbonyl (C=O) groups excluding carboxylic acids is 1. The van der Waals surface area contributed by atoms with Gasteiger partial charge in [-0.15, -0.1) is 0 Å². The highest BCUT2D eigenvalue weighted by atomic mass is 35.5. The molecule has 0 saturated heterocycles. The van der Waals surface area contributed by atoms with Crippen LogP contribution in [0.15, 0.2) is 10.6 Å². The lowest BCUT2D eigenvalue weighted by atomic mass is 9.98. The first-order chi connectivity index (χ1) is 12.0. The number of ether oxygens (including phenoxy) is 1. The number of halogens is 5. The van der Waals surface area contributed by atoms with Crippen LogP contribution in [0.25, 0.3) is 0 Å². The summed E-state index contributed by atoms with van der Waals surface area (Å²) in [5, 5.41) is 0. The monoisotopic (exact) mass is 408 g/mol. The molecule has 1 aromatic carbocycles. The van der Waals surface area contributed by atoms with E-state index in [4.69, 9.17) is 27.9 Å². The van der Waals surface area contributed by atoms with Crippen molar-refractivity contribution in [2.24, 2.45) is 17.3 Å². The minimum atomic E-state index is -1.25. The summed E-state index contributed by atoms with van der Waals surface area (Å²) >= 11 is 11.3. The zero-order chi connectivity index (χ0) is 19.8. The fourth-order valence-corrected chi connectivity index (χ4v) is 3.63. The Bertz CT molecular complexity index is 756. The minimum Gasteiger partial charge on any atom is -0.460 e. The van der Waals surface area contributed by atoms with Crippen LogP contribution in [0.1, 0.15) is 43.9 Å². The first-order valence-corrected chi connectivity index (χ1v) is 9.13. The predicted molar refractivity (Wildman–Crippen MR) is 95.4 cm³/mol. The van der Waals surface area contributed by atoms with E-state index >= 15 is 0 Å². The molecular weight excluding hydrogens is 388 g/mol. The van der Waals surface area contributed by atoms with E-state index in [1.54, 1.807) is 13.0 Å². The van der Waals surface area contributed by atoms with Gasteiger partial charge in [-0.3, -0.25) is 4.79 Å². The molecule has 7 heteroatoms. The third kappa shape index (κ3) is 3.89. The maximum Gasteiger partial charge on any atom is 0.310 e. The van der Waals surface area contributed by atoms with Crippen molar-refractivity contribution in [2.75, 3.05) is 0 Å². The molecule has 0 bridgehead atoms. The molecule has 0 heterocycles. The lowest BCUT2D eigenvalue weighted by Crippen LogP contribution is -2.15. The summed E-state index contributed by atoms with van der Waals surface area (Å²) < 4.78 is 47.8. The average molecular weight is 409 g/mol. The Hall–Kier alpha value is -1.20. The normalized spacial score (nSPS) is 20.7. The SMILES string of the molecule is CCCc1c(F)c(C)c(F)c(F)c1COC(=O)[C@@H]1[C@@H](C=C(Cl)Cl)C1(C)C. The van der Waals surface area contributed by atoms with Crippen LogP contribution in [0.5, 0.6) is 0 Å². The smallest absolute Gasteiger partial charge is 0.310 e. The van der Waals surface area contributed by atoms with E-state index in [1.165, 1.54) is 6.92 Å². The van der Waals surface area contributed by atoms with Gasteiger partial charge in [-0.2, -0.15) is 0 Å². The Balaban J connectivity index is 2.22. The van der Waals surface area contributed by atoms with Gasteiger partial charge in [-0.25, -0.2) is 13.2 Å². The molecule has 2 rings (SSSR count). The van der Waals surface area contributed by atoms with Crippen LogP contribution >= 0.6 is 23.2 Å². The topological polar surface area (TPSA) is 26.3 Å². The third-order valence-corrected chi connectivity index (χ3v) is 5.33. The summed E-state index contributed by atoms with van der Waals surface area (Å²) in [7, 11) is 0. The molecule has 1 saturated carbocycles. The van der Waals surface area contributed by atoms with E-state index < -0.39 is 41.4 Å². The third-order valence-electron chi connectivity index (χ3n) is 5.07. The molecule has 1 aliphatic carbocycles. The van der Waals surface area contributed by atoms with E-state index in [9.17, 15) is 18.0 Å². The van der Waals surface area contributed by atoms with Crippen LogP contribution < -0.4 is 0 Å². The first kappa shape index (κ1) is 21.1. The van der Waals surface area contributed by atoms with Crippen molar-refractivity contribution in [3.8, 4) is 0 Å². The maximum atomic E-state index is 14.3. The molecule has 0 radical (unpaired) electrons. The molecule has 0 unspecified atom stereocenters. The Morgan fingerprint density at radius 2 is 1.77 bits per heavy atom. The highest BCUT2D eigenvalue weighted by Crippen LogP contribution is 2.60. The van der Waals surface area contributed by atoms with Gasteiger partial charge in [0.2, 0.25) is 0 Å². The van der Waals surface area contributed by atoms with E-state index in [0.717, 1.165) is 0 Å². The lowest BCUT2D eigenvalue weighted by molar-refractivity contribution is -0.147. The highest BCUT2D eigenvalue weighted by Gasteiger charge is 2.61. The molecule has 1 fully saturated rings. The molecule has 0 aromatic heterocycles. The fourth-order valence-electron chi connectivity index (χ4n) is 3.35. The first-order valence-electron chi connectivity index (χ1n) is 8.38. The minimum absolute atomic E-state index is 0.0482. The van der Waals surface area contributed by atoms with Crippen molar-refractivity contribution in [1.29, 1.82) is 0 Å². The van der Waals surface area contributed by atoms with Crippen molar-refractivity contribution >= 4 is 29.2 Å². The molecule has 0 spiro atoms. The molecular formula is C19H21Cl2F3O2. The molecule has 26 heavy (non-hydrogen) atoms. The van der Waals surface area contributed by atoms with Gasteiger partial charge in [0.05, 0.1) is 5.92 Å². The van der Waals surface area contributed by atoms with E-state index in [1.807, 2.05) is 13.8 Å². The second-order valence-corrected chi connectivity index (χ2v) is 8.17. The van der Waals surface area contributed by atoms with Crippen molar-refractivity contribution in [1.82, 2.24) is 0 Å². The number of esters is 1. The summed E-state index contributed by atoms with van der Waals surface area (Å²) in [6.07, 6.45) is 2.32. The molecule has 0 aliphatic heterocycles. The van der Waals surface area contributed by atoms with Crippen LogP contribution in [0, 0.1) is 41.6 Å². The van der Waals surface area contributed by atoms with Crippen molar-refractivity contribution in [3.05, 3.63) is 44.7 Å². The summed E-state index contributed by atoms with van der Waals surface area (Å²) in [5.41, 5.74) is -0.972. The van der Waals surface area contributed by atoms with Crippen molar-refractivity contribution in [2.45, 2.75) is 47.1 Å². The van der Waals surface area contributed by atoms with Crippen molar-refractivity contribution in [3.63, 3.8) is 0 Å². The molecule has 2 nitrogen and oxygen atoms in total. The second kappa shape index (κ2) is 7.81. The van der Waals surface area contributed by atoms with E-state index in [2.05, 4.69) is 0 Å². The van der Waals surface area contributed by atoms with Crippen LogP contribution in [0.2, 0.25) is 0 Å². The molecule has 0 N–H and O–H groups in total. The summed E-state index contributed by atoms with van der Waals surface area (Å²) in [5.74, 6) is -4.49. The number of hydrogen-bond donors (Lipinski definition) is 0. The number of hydrogen-bond acceptors (Lipinski definition) is 2. The molecule has 2 atom stereocenters. The Morgan fingerprint density at radius 1 is 1.15 bits per heavy atom. The quantitative estimate of drug-likeness (QED) is 0.426. The lowest BCUT2D eigenvalue weighted by Gasteiger charge is -2.15. The van der Waals surface area contributed by atoms with Crippen LogP contribution in [0.4, 0.5) is 13.2 Å². The number of allylic oxidation sites excluding steroid dienone is 1. The van der Waals surface area contributed by atoms with Gasteiger partial charge in [0.1, 0.15) is 16.9 Å². The fraction of sp³-hybridized carbons (Fsp3) is 0.526. The zero-order valence-corrected chi connectivity index (χ0v) is 16.6. The summed E-state index contributed by atoms with van der Waals surface area (Å²) in [6, 6.07) is 0. The largest absolute Gasteiger partial charge is 0.460 e.